The highest BCUT2D eigenvalue weighted by atomic mass is 35.5. The molecule has 2 amide bonds. The molecule has 176 valence electrons. The van der Waals surface area contributed by atoms with Crippen LogP contribution >= 0.6 is 11.6 Å². The Balaban J connectivity index is 1.49. The molecule has 0 heterocycles. The smallest absolute Gasteiger partial charge is 0.308 e. The van der Waals surface area contributed by atoms with Crippen molar-refractivity contribution in [2.24, 2.45) is 0 Å². The minimum atomic E-state index is -0.452. The third-order valence-corrected chi connectivity index (χ3v) is 5.42. The SMILES string of the molecule is CC(=O)Oc1cccc(C(=O)NCc2ccc(NC(=O)COc3cc(C)c(Cl)c(C)c3)cc2)c1. The number of carbonyl (C=O) groups excluding carboxylic acids is 3. The molecule has 3 aromatic rings. The number of hydrogen-bond donors (Lipinski definition) is 2. The Kier molecular flexibility index (Phi) is 8.27. The van der Waals surface area contributed by atoms with E-state index < -0.39 is 5.97 Å². The second-order valence-electron chi connectivity index (χ2n) is 7.71. The molecule has 0 unspecified atom stereocenters. The third-order valence-electron chi connectivity index (χ3n) is 4.83. The van der Waals surface area contributed by atoms with Gasteiger partial charge in [-0.1, -0.05) is 29.8 Å². The Hall–Kier alpha value is -3.84. The summed E-state index contributed by atoms with van der Waals surface area (Å²) in [6, 6.07) is 17.1. The Morgan fingerprint density at radius 3 is 2.24 bits per heavy atom. The van der Waals surface area contributed by atoms with Crippen LogP contribution in [0.5, 0.6) is 11.5 Å². The van der Waals surface area contributed by atoms with Crippen molar-refractivity contribution < 1.29 is 23.9 Å². The van der Waals surface area contributed by atoms with Crippen LogP contribution in [-0.4, -0.2) is 24.4 Å². The van der Waals surface area contributed by atoms with Gasteiger partial charge in [-0.2, -0.15) is 0 Å². The van der Waals surface area contributed by atoms with E-state index in [1.165, 1.54) is 13.0 Å². The van der Waals surface area contributed by atoms with Gasteiger partial charge in [-0.3, -0.25) is 14.4 Å². The third kappa shape index (κ3) is 7.08. The van der Waals surface area contributed by atoms with E-state index in [0.29, 0.717) is 34.3 Å². The van der Waals surface area contributed by atoms with Crippen molar-refractivity contribution in [2.75, 3.05) is 11.9 Å². The topological polar surface area (TPSA) is 93.7 Å². The maximum absolute atomic E-state index is 12.4. The summed E-state index contributed by atoms with van der Waals surface area (Å²) < 4.78 is 10.6. The summed E-state index contributed by atoms with van der Waals surface area (Å²) in [6.45, 7) is 5.22. The first-order valence-electron chi connectivity index (χ1n) is 10.6. The van der Waals surface area contributed by atoms with Crippen LogP contribution in [0.2, 0.25) is 5.02 Å². The molecule has 0 radical (unpaired) electrons. The van der Waals surface area contributed by atoms with Crippen molar-refractivity contribution >= 4 is 35.1 Å². The summed E-state index contributed by atoms with van der Waals surface area (Å²) in [5, 5.41) is 6.27. The minimum absolute atomic E-state index is 0.134. The van der Waals surface area contributed by atoms with Crippen LogP contribution < -0.4 is 20.1 Å². The Morgan fingerprint density at radius 2 is 1.59 bits per heavy atom. The predicted molar refractivity (Wildman–Crippen MR) is 130 cm³/mol. The quantitative estimate of drug-likeness (QED) is 0.356. The number of benzene rings is 3. The van der Waals surface area contributed by atoms with Crippen molar-refractivity contribution in [1.82, 2.24) is 5.32 Å². The Morgan fingerprint density at radius 1 is 0.912 bits per heavy atom. The lowest BCUT2D eigenvalue weighted by Gasteiger charge is -2.11. The normalized spacial score (nSPS) is 10.4. The van der Waals surface area contributed by atoms with Crippen LogP contribution in [0.3, 0.4) is 0 Å². The predicted octanol–water partition coefficient (Wildman–Crippen LogP) is 4.83. The molecule has 8 heteroatoms. The van der Waals surface area contributed by atoms with Crippen molar-refractivity contribution in [3.05, 3.63) is 87.9 Å². The van der Waals surface area contributed by atoms with Crippen molar-refractivity contribution in [1.29, 1.82) is 0 Å². The fraction of sp³-hybridized carbons (Fsp3) is 0.192. The number of anilines is 1. The summed E-state index contributed by atoms with van der Waals surface area (Å²) in [5.74, 6) is -0.147. The average molecular weight is 481 g/mol. The van der Waals surface area contributed by atoms with Crippen LogP contribution in [-0.2, 0) is 16.1 Å². The molecule has 3 aromatic carbocycles. The van der Waals surface area contributed by atoms with Crippen molar-refractivity contribution in [3.63, 3.8) is 0 Å². The highest BCUT2D eigenvalue weighted by Crippen LogP contribution is 2.25. The van der Waals surface area contributed by atoms with E-state index in [1.54, 1.807) is 54.6 Å². The number of halogens is 1. The zero-order valence-electron chi connectivity index (χ0n) is 19.1. The highest BCUT2D eigenvalue weighted by Gasteiger charge is 2.09. The molecule has 0 spiro atoms. The van der Waals surface area contributed by atoms with Gasteiger partial charge in [0.1, 0.15) is 11.5 Å². The number of aryl methyl sites for hydroxylation is 2. The number of carbonyl (C=O) groups is 3. The first kappa shape index (κ1) is 24.8. The fourth-order valence-electron chi connectivity index (χ4n) is 3.19. The minimum Gasteiger partial charge on any atom is -0.484 e. The van der Waals surface area contributed by atoms with Gasteiger partial charge in [-0.05, 0) is 73.0 Å². The maximum atomic E-state index is 12.4. The first-order valence-corrected chi connectivity index (χ1v) is 10.9. The van der Waals surface area contributed by atoms with E-state index in [-0.39, 0.29) is 18.4 Å². The summed E-state index contributed by atoms with van der Waals surface area (Å²) >= 11 is 6.15. The van der Waals surface area contributed by atoms with Crippen LogP contribution in [0.1, 0.15) is 34.0 Å². The molecule has 34 heavy (non-hydrogen) atoms. The number of esters is 1. The number of nitrogens with one attached hydrogen (secondary N) is 2. The molecule has 0 bridgehead atoms. The van der Waals surface area contributed by atoms with Crippen LogP contribution in [0.25, 0.3) is 0 Å². The molecule has 0 saturated heterocycles. The zero-order valence-corrected chi connectivity index (χ0v) is 19.9. The standard InChI is InChI=1S/C26H25ClN2O5/c1-16-11-23(12-17(2)25(16)27)33-15-24(31)29-21-9-7-19(8-10-21)14-28-26(32)20-5-4-6-22(13-20)34-18(3)30/h4-13H,14-15H2,1-3H3,(H,28,32)(H,29,31). The number of amides is 2. The van der Waals surface area contributed by atoms with Crippen LogP contribution in [0.4, 0.5) is 5.69 Å². The second-order valence-corrected chi connectivity index (χ2v) is 8.09. The number of rotatable bonds is 8. The summed E-state index contributed by atoms with van der Waals surface area (Å²) in [4.78, 5) is 35.7. The van der Waals surface area contributed by atoms with Gasteiger partial charge in [-0.15, -0.1) is 0 Å². The molecule has 0 saturated carbocycles. The van der Waals surface area contributed by atoms with E-state index in [4.69, 9.17) is 21.1 Å². The van der Waals surface area contributed by atoms with Gasteiger partial charge in [-0.25, -0.2) is 0 Å². The van der Waals surface area contributed by atoms with Gasteiger partial charge in [0, 0.05) is 29.7 Å². The lowest BCUT2D eigenvalue weighted by atomic mass is 10.1. The van der Waals surface area contributed by atoms with E-state index in [1.807, 2.05) is 13.8 Å². The molecular weight excluding hydrogens is 456 g/mol. The van der Waals surface area contributed by atoms with E-state index in [2.05, 4.69) is 10.6 Å². The van der Waals surface area contributed by atoms with E-state index >= 15 is 0 Å². The first-order chi connectivity index (χ1) is 16.2. The van der Waals surface area contributed by atoms with Gasteiger partial charge < -0.3 is 20.1 Å². The number of ether oxygens (including phenoxy) is 2. The summed E-state index contributed by atoms with van der Waals surface area (Å²) in [5.41, 5.74) is 3.62. The van der Waals surface area contributed by atoms with Gasteiger partial charge in [0.15, 0.2) is 6.61 Å². The van der Waals surface area contributed by atoms with Crippen LogP contribution in [0.15, 0.2) is 60.7 Å². The number of hydrogen-bond acceptors (Lipinski definition) is 5. The Bertz CT molecular complexity index is 1190. The molecule has 2 N–H and O–H groups in total. The average Bonchev–Trinajstić information content (AvgIpc) is 2.80. The van der Waals surface area contributed by atoms with E-state index in [9.17, 15) is 14.4 Å². The van der Waals surface area contributed by atoms with Gasteiger partial charge in [0.25, 0.3) is 11.8 Å². The lowest BCUT2D eigenvalue weighted by Crippen LogP contribution is -2.23. The van der Waals surface area contributed by atoms with Crippen molar-refractivity contribution in [3.8, 4) is 11.5 Å². The highest BCUT2D eigenvalue weighted by molar-refractivity contribution is 6.32. The van der Waals surface area contributed by atoms with E-state index in [0.717, 1.165) is 16.7 Å². The molecule has 3 rings (SSSR count). The van der Waals surface area contributed by atoms with Gasteiger partial charge in [0.2, 0.25) is 0 Å². The summed E-state index contributed by atoms with van der Waals surface area (Å²) in [7, 11) is 0. The molecule has 0 aromatic heterocycles. The molecule has 7 nitrogen and oxygen atoms in total. The molecule has 0 aliphatic heterocycles. The summed E-state index contributed by atoms with van der Waals surface area (Å²) in [6.07, 6.45) is 0. The molecule has 0 aliphatic carbocycles. The van der Waals surface area contributed by atoms with Gasteiger partial charge >= 0.3 is 5.97 Å². The lowest BCUT2D eigenvalue weighted by molar-refractivity contribution is -0.131. The zero-order chi connectivity index (χ0) is 24.7. The van der Waals surface area contributed by atoms with Crippen molar-refractivity contribution in [2.45, 2.75) is 27.3 Å². The largest absolute Gasteiger partial charge is 0.484 e. The van der Waals surface area contributed by atoms with Crippen LogP contribution in [0, 0.1) is 13.8 Å². The Labute approximate surface area is 203 Å². The molecule has 0 atom stereocenters. The van der Waals surface area contributed by atoms with Gasteiger partial charge in [0.05, 0.1) is 0 Å². The second kappa shape index (κ2) is 11.3. The maximum Gasteiger partial charge on any atom is 0.308 e. The monoisotopic (exact) mass is 480 g/mol. The fourth-order valence-corrected chi connectivity index (χ4v) is 3.30. The molecule has 0 aliphatic rings. The molecular formula is C26H25ClN2O5. The molecule has 0 fully saturated rings.